The van der Waals surface area contributed by atoms with Gasteiger partial charge in [0.15, 0.2) is 0 Å². The van der Waals surface area contributed by atoms with Crippen molar-refractivity contribution in [3.8, 4) is 0 Å². The summed E-state index contributed by atoms with van der Waals surface area (Å²) in [6.45, 7) is 2.84. The molecule has 1 N–H and O–H groups in total. The van der Waals surface area contributed by atoms with E-state index in [1.807, 2.05) is 0 Å². The van der Waals surface area contributed by atoms with E-state index >= 15 is 0 Å². The standard InChI is InChI=1S/C5H8O2.C2H4O2/c1-3-4-5(6)7-2;1-2(3)4/h3-4H,1-2H3;1H3,(H,3,4)/b4-3+;. The van der Waals surface area contributed by atoms with Crippen molar-refractivity contribution in [2.45, 2.75) is 13.8 Å². The molecule has 0 spiro atoms. The molecule has 0 unspecified atom stereocenters. The maximum Gasteiger partial charge on any atom is 0.330 e. The Balaban J connectivity index is 0. The van der Waals surface area contributed by atoms with Crippen LogP contribution < -0.4 is 0 Å². The van der Waals surface area contributed by atoms with Gasteiger partial charge in [0.25, 0.3) is 5.97 Å². The molecule has 0 radical (unpaired) electrons. The van der Waals surface area contributed by atoms with Gasteiger partial charge in [-0.15, -0.1) is 0 Å². The van der Waals surface area contributed by atoms with Gasteiger partial charge in [-0.05, 0) is 6.92 Å². The number of rotatable bonds is 1. The number of hydrogen-bond acceptors (Lipinski definition) is 3. The van der Waals surface area contributed by atoms with Crippen molar-refractivity contribution in [2.75, 3.05) is 7.11 Å². The van der Waals surface area contributed by atoms with Crippen molar-refractivity contribution >= 4 is 11.9 Å². The quantitative estimate of drug-likeness (QED) is 0.455. The van der Waals surface area contributed by atoms with Gasteiger partial charge in [0.05, 0.1) is 7.11 Å². The van der Waals surface area contributed by atoms with Crippen LogP contribution in [0.5, 0.6) is 0 Å². The summed E-state index contributed by atoms with van der Waals surface area (Å²) in [5, 5.41) is 7.42. The molecule has 0 aliphatic heterocycles. The highest BCUT2D eigenvalue weighted by Gasteiger charge is 1.84. The number of allylic oxidation sites excluding steroid dienone is 1. The summed E-state index contributed by atoms with van der Waals surface area (Å²) in [5.41, 5.74) is 0. The van der Waals surface area contributed by atoms with Crippen molar-refractivity contribution in [1.82, 2.24) is 0 Å². The van der Waals surface area contributed by atoms with Gasteiger partial charge < -0.3 is 9.84 Å². The Labute approximate surface area is 65.5 Å². The molecular formula is C7H12O4. The van der Waals surface area contributed by atoms with E-state index in [1.54, 1.807) is 13.0 Å². The highest BCUT2D eigenvalue weighted by atomic mass is 16.5. The molecule has 11 heavy (non-hydrogen) atoms. The Morgan fingerprint density at radius 2 is 1.82 bits per heavy atom. The van der Waals surface area contributed by atoms with E-state index in [4.69, 9.17) is 9.90 Å². The Morgan fingerprint density at radius 3 is 1.91 bits per heavy atom. The smallest absolute Gasteiger partial charge is 0.330 e. The van der Waals surface area contributed by atoms with Gasteiger partial charge in [-0.1, -0.05) is 6.08 Å². The summed E-state index contributed by atoms with van der Waals surface area (Å²) >= 11 is 0. The summed E-state index contributed by atoms with van der Waals surface area (Å²) in [4.78, 5) is 19.1. The molecule has 4 nitrogen and oxygen atoms in total. The topological polar surface area (TPSA) is 63.6 Å². The van der Waals surface area contributed by atoms with Gasteiger partial charge in [0.1, 0.15) is 0 Å². The van der Waals surface area contributed by atoms with Crippen LogP contribution >= 0.6 is 0 Å². The van der Waals surface area contributed by atoms with E-state index in [-0.39, 0.29) is 5.97 Å². The van der Waals surface area contributed by atoms with E-state index in [0.717, 1.165) is 6.92 Å². The van der Waals surface area contributed by atoms with Crippen molar-refractivity contribution in [1.29, 1.82) is 0 Å². The van der Waals surface area contributed by atoms with Gasteiger partial charge in [0.2, 0.25) is 0 Å². The van der Waals surface area contributed by atoms with Crippen LogP contribution in [0.3, 0.4) is 0 Å². The van der Waals surface area contributed by atoms with Crippen LogP contribution in [0.25, 0.3) is 0 Å². The molecule has 0 aromatic heterocycles. The molecule has 0 fully saturated rings. The summed E-state index contributed by atoms with van der Waals surface area (Å²) < 4.78 is 4.26. The molecule has 0 saturated carbocycles. The van der Waals surface area contributed by atoms with Crippen LogP contribution in [0.15, 0.2) is 12.2 Å². The second-order valence-corrected chi connectivity index (χ2v) is 1.54. The third-order valence-electron chi connectivity index (χ3n) is 0.504. The molecule has 4 heteroatoms. The first kappa shape index (κ1) is 12.4. The molecule has 0 aliphatic carbocycles. The number of carbonyl (C=O) groups excluding carboxylic acids is 1. The minimum Gasteiger partial charge on any atom is -0.481 e. The number of methoxy groups -OCH3 is 1. The third kappa shape index (κ3) is 28.6. The molecular weight excluding hydrogens is 148 g/mol. The number of ether oxygens (including phenoxy) is 1. The molecule has 0 atom stereocenters. The second-order valence-electron chi connectivity index (χ2n) is 1.54. The summed E-state index contributed by atoms with van der Waals surface area (Å²) in [6.07, 6.45) is 2.99. The number of carboxylic acid groups (broad SMARTS) is 1. The Bertz CT molecular complexity index is 145. The number of carboxylic acids is 1. The van der Waals surface area contributed by atoms with Crippen molar-refractivity contribution in [3.63, 3.8) is 0 Å². The summed E-state index contributed by atoms with van der Waals surface area (Å²) in [7, 11) is 1.35. The maximum atomic E-state index is 10.1. The fourth-order valence-electron chi connectivity index (χ4n) is 0.204. The zero-order valence-corrected chi connectivity index (χ0v) is 6.83. The average Bonchev–Trinajstić information content (AvgIpc) is 1.87. The first-order valence-corrected chi connectivity index (χ1v) is 2.94. The first-order chi connectivity index (χ1) is 5.04. The average molecular weight is 160 g/mol. The largest absolute Gasteiger partial charge is 0.481 e. The normalized spacial score (nSPS) is 8.27. The zero-order valence-electron chi connectivity index (χ0n) is 6.83. The van der Waals surface area contributed by atoms with Crippen LogP contribution in [-0.4, -0.2) is 24.2 Å². The fraction of sp³-hybridized carbons (Fsp3) is 0.429. The molecule has 0 aromatic rings. The minimum atomic E-state index is -0.833. The number of aliphatic carboxylic acids is 1. The lowest BCUT2D eigenvalue weighted by atomic mass is 10.5. The zero-order chi connectivity index (χ0) is 9.28. The molecule has 0 aliphatic rings. The lowest BCUT2D eigenvalue weighted by Crippen LogP contribution is -1.92. The van der Waals surface area contributed by atoms with Gasteiger partial charge in [-0.2, -0.15) is 0 Å². The van der Waals surface area contributed by atoms with Gasteiger partial charge in [-0.25, -0.2) is 4.79 Å². The lowest BCUT2D eigenvalue weighted by Gasteiger charge is -1.84. The predicted octanol–water partition coefficient (Wildman–Crippen LogP) is 0.826. The predicted molar refractivity (Wildman–Crippen MR) is 40.1 cm³/mol. The van der Waals surface area contributed by atoms with Crippen LogP contribution in [0.4, 0.5) is 0 Å². The Kier molecular flexibility index (Phi) is 9.76. The number of esters is 1. The lowest BCUT2D eigenvalue weighted by molar-refractivity contribution is -0.135. The van der Waals surface area contributed by atoms with Gasteiger partial charge >= 0.3 is 5.97 Å². The molecule has 0 amide bonds. The molecule has 64 valence electrons. The molecule has 0 rings (SSSR count). The van der Waals surface area contributed by atoms with E-state index in [0.29, 0.717) is 0 Å². The fourth-order valence-corrected chi connectivity index (χ4v) is 0.204. The van der Waals surface area contributed by atoms with Crippen LogP contribution in [0.1, 0.15) is 13.8 Å². The van der Waals surface area contributed by atoms with Crippen molar-refractivity contribution in [2.24, 2.45) is 0 Å². The number of hydrogen-bond donors (Lipinski definition) is 1. The highest BCUT2D eigenvalue weighted by molar-refractivity contribution is 5.81. The molecule has 0 saturated heterocycles. The monoisotopic (exact) mass is 160 g/mol. The Morgan fingerprint density at radius 1 is 1.45 bits per heavy atom. The highest BCUT2D eigenvalue weighted by Crippen LogP contribution is 1.73. The van der Waals surface area contributed by atoms with Gasteiger partial charge in [-0.3, -0.25) is 4.79 Å². The SMILES string of the molecule is C/C=C/C(=O)OC.CC(=O)O. The summed E-state index contributed by atoms with van der Waals surface area (Å²) in [6, 6.07) is 0. The third-order valence-corrected chi connectivity index (χ3v) is 0.504. The van der Waals surface area contributed by atoms with Crippen LogP contribution in [0.2, 0.25) is 0 Å². The van der Waals surface area contributed by atoms with E-state index in [9.17, 15) is 4.79 Å². The Hall–Kier alpha value is -1.32. The van der Waals surface area contributed by atoms with Crippen molar-refractivity contribution in [3.05, 3.63) is 12.2 Å². The first-order valence-electron chi connectivity index (χ1n) is 2.94. The van der Waals surface area contributed by atoms with E-state index in [2.05, 4.69) is 4.74 Å². The molecule has 0 heterocycles. The van der Waals surface area contributed by atoms with Crippen LogP contribution in [-0.2, 0) is 14.3 Å². The van der Waals surface area contributed by atoms with Crippen LogP contribution in [0, 0.1) is 0 Å². The molecule has 0 bridgehead atoms. The summed E-state index contributed by atoms with van der Waals surface area (Å²) in [5.74, 6) is -1.14. The van der Waals surface area contributed by atoms with Gasteiger partial charge in [0, 0.05) is 13.0 Å². The maximum absolute atomic E-state index is 10.1. The number of carbonyl (C=O) groups is 2. The van der Waals surface area contributed by atoms with E-state index in [1.165, 1.54) is 13.2 Å². The minimum absolute atomic E-state index is 0.303. The van der Waals surface area contributed by atoms with E-state index < -0.39 is 5.97 Å². The second kappa shape index (κ2) is 8.68. The molecule has 0 aromatic carbocycles. The van der Waals surface area contributed by atoms with Crippen molar-refractivity contribution < 1.29 is 19.4 Å².